The number of phenolic OH excluding ortho intramolecular Hbond substituents is 1. The molecule has 0 aliphatic rings. The minimum Gasteiger partial charge on any atom is -0.507 e. The molecular weight excluding hydrogens is 180 g/mol. The van der Waals surface area contributed by atoms with Gasteiger partial charge in [0.15, 0.2) is 6.29 Å². The topological polar surface area (TPSA) is 37.3 Å². The van der Waals surface area contributed by atoms with Crippen molar-refractivity contribution in [2.75, 3.05) is 0 Å². The van der Waals surface area contributed by atoms with E-state index in [0.29, 0.717) is 11.8 Å². The van der Waals surface area contributed by atoms with Crippen molar-refractivity contribution in [1.29, 1.82) is 0 Å². The van der Waals surface area contributed by atoms with Gasteiger partial charge in [-0.3, -0.25) is 4.79 Å². The molecule has 0 fully saturated rings. The second-order valence-electron chi connectivity index (χ2n) is 1.68. The van der Waals surface area contributed by atoms with E-state index < -0.39 is 0 Å². The summed E-state index contributed by atoms with van der Waals surface area (Å²) in [4.78, 5) is 10.1. The predicted molar refractivity (Wildman–Crippen MR) is 33.5 cm³/mol. The molecule has 1 aromatic carbocycles. The average Bonchev–Trinajstić information content (AvgIpc) is 1.89. The maximum absolute atomic E-state index is 10.1. The van der Waals surface area contributed by atoms with Crippen LogP contribution in [0.4, 0.5) is 0 Å². The monoisotopic (exact) mass is 185 g/mol. The number of hydrogen-bond acceptors (Lipinski definition) is 2. The third-order valence-electron chi connectivity index (χ3n) is 1.06. The first kappa shape index (κ1) is 9.21. The first-order valence-corrected chi connectivity index (χ1v) is 2.58. The Morgan fingerprint density at radius 2 is 1.90 bits per heavy atom. The largest absolute Gasteiger partial charge is 1.00 e. The zero-order valence-corrected chi connectivity index (χ0v) is 5.99. The first-order valence-electron chi connectivity index (χ1n) is 2.58. The van der Waals surface area contributed by atoms with Gasteiger partial charge in [0.1, 0.15) is 5.75 Å². The van der Waals surface area contributed by atoms with Crippen LogP contribution in [-0.4, -0.2) is 11.4 Å². The molecule has 1 N–H and O–H groups in total. The van der Waals surface area contributed by atoms with Gasteiger partial charge in [-0.25, -0.2) is 0 Å². The van der Waals surface area contributed by atoms with E-state index >= 15 is 0 Å². The van der Waals surface area contributed by atoms with E-state index in [4.69, 9.17) is 5.11 Å². The molecule has 0 radical (unpaired) electrons. The summed E-state index contributed by atoms with van der Waals surface area (Å²) in [6, 6.07) is 6.40. The fourth-order valence-electron chi connectivity index (χ4n) is 0.587. The minimum absolute atomic E-state index is 0. The van der Waals surface area contributed by atoms with Gasteiger partial charge in [-0.15, -0.1) is 0 Å². The molecule has 0 unspecified atom stereocenters. The average molecular weight is 186 g/mol. The Labute approximate surface area is 69.3 Å². The number of benzene rings is 1. The SMILES string of the molecule is O=Cc1ccccc1O.[Cu+]. The summed E-state index contributed by atoms with van der Waals surface area (Å²) in [5, 5.41) is 8.88. The number of carbonyl (C=O) groups is 1. The molecule has 0 saturated carbocycles. The molecule has 1 aromatic rings. The number of aldehydes is 1. The maximum atomic E-state index is 10.1. The van der Waals surface area contributed by atoms with Crippen LogP contribution in [0.25, 0.3) is 0 Å². The van der Waals surface area contributed by atoms with Gasteiger partial charge < -0.3 is 5.11 Å². The number of hydrogen-bond donors (Lipinski definition) is 1. The smallest absolute Gasteiger partial charge is 0.507 e. The van der Waals surface area contributed by atoms with E-state index in [-0.39, 0.29) is 22.8 Å². The maximum Gasteiger partial charge on any atom is 1.00 e. The first-order chi connectivity index (χ1) is 4.34. The summed E-state index contributed by atoms with van der Waals surface area (Å²) in [7, 11) is 0. The van der Waals surface area contributed by atoms with Gasteiger partial charge in [0.05, 0.1) is 5.56 Å². The fraction of sp³-hybridized carbons (Fsp3) is 0. The van der Waals surface area contributed by atoms with Crippen LogP contribution in [0.15, 0.2) is 24.3 Å². The zero-order chi connectivity index (χ0) is 6.69. The van der Waals surface area contributed by atoms with Crippen molar-refractivity contribution in [3.05, 3.63) is 29.8 Å². The van der Waals surface area contributed by atoms with Crippen molar-refractivity contribution in [2.24, 2.45) is 0 Å². The quantitative estimate of drug-likeness (QED) is 0.528. The zero-order valence-electron chi connectivity index (χ0n) is 5.04. The summed E-state index contributed by atoms with van der Waals surface area (Å²) in [5.74, 6) is 0.0347. The molecule has 0 heterocycles. The number of aromatic hydroxyl groups is 1. The van der Waals surface area contributed by atoms with Gasteiger partial charge in [0.25, 0.3) is 0 Å². The molecule has 0 bridgehead atoms. The van der Waals surface area contributed by atoms with E-state index in [9.17, 15) is 4.79 Å². The number of carbonyl (C=O) groups excluding carboxylic acids is 1. The van der Waals surface area contributed by atoms with Crippen LogP contribution < -0.4 is 0 Å². The summed E-state index contributed by atoms with van der Waals surface area (Å²) < 4.78 is 0. The number of rotatable bonds is 1. The molecular formula is C7H6CuO2+. The molecule has 3 heteroatoms. The Hall–Kier alpha value is -0.791. The normalized spacial score (nSPS) is 8.00. The van der Waals surface area contributed by atoms with Crippen molar-refractivity contribution < 1.29 is 27.0 Å². The molecule has 1 rings (SSSR count). The van der Waals surface area contributed by atoms with Crippen LogP contribution in [0.2, 0.25) is 0 Å². The van der Waals surface area contributed by atoms with Gasteiger partial charge in [0.2, 0.25) is 0 Å². The van der Waals surface area contributed by atoms with Crippen molar-refractivity contribution in [2.45, 2.75) is 0 Å². The number of para-hydroxylation sites is 1. The van der Waals surface area contributed by atoms with Gasteiger partial charge in [-0.1, -0.05) is 12.1 Å². The predicted octanol–water partition coefficient (Wildman–Crippen LogP) is 1.20. The van der Waals surface area contributed by atoms with Gasteiger partial charge >= 0.3 is 17.1 Å². The van der Waals surface area contributed by atoms with Crippen LogP contribution in [0, 0.1) is 0 Å². The molecule has 0 aliphatic heterocycles. The van der Waals surface area contributed by atoms with E-state index in [1.807, 2.05) is 0 Å². The molecule has 56 valence electrons. The molecule has 0 spiro atoms. The molecule has 0 aliphatic carbocycles. The van der Waals surface area contributed by atoms with E-state index in [1.165, 1.54) is 6.07 Å². The molecule has 10 heavy (non-hydrogen) atoms. The van der Waals surface area contributed by atoms with Crippen LogP contribution in [0.5, 0.6) is 5.75 Å². The molecule has 2 nitrogen and oxygen atoms in total. The minimum atomic E-state index is 0. The standard InChI is InChI=1S/C7H6O2.Cu/c8-5-6-3-1-2-4-7(6)9;/h1-5,9H;/q;+1. The van der Waals surface area contributed by atoms with Gasteiger partial charge in [0, 0.05) is 0 Å². The Kier molecular flexibility index (Phi) is 3.77. The molecule has 0 aromatic heterocycles. The summed E-state index contributed by atoms with van der Waals surface area (Å²) in [6.45, 7) is 0. The van der Waals surface area contributed by atoms with Crippen LogP contribution in [0.1, 0.15) is 10.4 Å². The Balaban J connectivity index is 0.000000810. The van der Waals surface area contributed by atoms with Crippen molar-refractivity contribution >= 4 is 6.29 Å². The second-order valence-corrected chi connectivity index (χ2v) is 1.68. The Bertz CT molecular complexity index is 223. The summed E-state index contributed by atoms with van der Waals surface area (Å²) in [5.41, 5.74) is 0.331. The summed E-state index contributed by atoms with van der Waals surface area (Å²) >= 11 is 0. The fourth-order valence-corrected chi connectivity index (χ4v) is 0.587. The number of phenols is 1. The Morgan fingerprint density at radius 1 is 1.30 bits per heavy atom. The second kappa shape index (κ2) is 4.09. The van der Waals surface area contributed by atoms with Crippen LogP contribution >= 0.6 is 0 Å². The third-order valence-corrected chi connectivity index (χ3v) is 1.06. The van der Waals surface area contributed by atoms with Crippen LogP contribution in [-0.2, 0) is 17.1 Å². The van der Waals surface area contributed by atoms with Crippen molar-refractivity contribution in [1.82, 2.24) is 0 Å². The van der Waals surface area contributed by atoms with Crippen molar-refractivity contribution in [3.8, 4) is 5.75 Å². The van der Waals surface area contributed by atoms with Gasteiger partial charge in [-0.2, -0.15) is 0 Å². The molecule has 0 amide bonds. The molecule has 0 atom stereocenters. The van der Waals surface area contributed by atoms with Gasteiger partial charge in [-0.05, 0) is 12.1 Å². The van der Waals surface area contributed by atoms with E-state index in [1.54, 1.807) is 18.2 Å². The molecule has 0 saturated heterocycles. The summed E-state index contributed by atoms with van der Waals surface area (Å²) in [6.07, 6.45) is 0.620. The van der Waals surface area contributed by atoms with E-state index in [0.717, 1.165) is 0 Å². The van der Waals surface area contributed by atoms with Crippen molar-refractivity contribution in [3.63, 3.8) is 0 Å². The third kappa shape index (κ3) is 1.86. The van der Waals surface area contributed by atoms with Crippen LogP contribution in [0.3, 0.4) is 0 Å². The Morgan fingerprint density at radius 3 is 2.30 bits per heavy atom. The van der Waals surface area contributed by atoms with E-state index in [2.05, 4.69) is 0 Å².